The summed E-state index contributed by atoms with van der Waals surface area (Å²) in [6.07, 6.45) is -0.0677. The van der Waals surface area contributed by atoms with Gasteiger partial charge in [-0.2, -0.15) is 15.8 Å². The predicted molar refractivity (Wildman–Crippen MR) is 49.7 cm³/mol. The molecule has 0 amide bonds. The lowest BCUT2D eigenvalue weighted by Crippen LogP contribution is -2.33. The Morgan fingerprint density at radius 2 is 1.80 bits per heavy atom. The number of esters is 1. The fraction of sp³-hybridized carbons (Fsp3) is 0.600. The van der Waals surface area contributed by atoms with Crippen LogP contribution < -0.4 is 0 Å². The molecule has 78 valence electrons. The van der Waals surface area contributed by atoms with Gasteiger partial charge >= 0.3 is 5.97 Å². The van der Waals surface area contributed by atoms with Gasteiger partial charge in [-0.15, -0.1) is 0 Å². The average molecular weight is 205 g/mol. The second-order valence-electron chi connectivity index (χ2n) is 3.41. The van der Waals surface area contributed by atoms with Crippen molar-refractivity contribution >= 4 is 5.97 Å². The first-order valence-electron chi connectivity index (χ1n) is 4.27. The maximum absolute atomic E-state index is 11.3. The molecule has 0 radical (unpaired) electrons. The number of nitrogens with zero attached hydrogens (tertiary/aromatic N) is 3. The summed E-state index contributed by atoms with van der Waals surface area (Å²) in [5.41, 5.74) is -0.967. The number of nitriles is 3. The standard InChI is InChI=1S/C10H11N3O2/c1-10(3-5-11,4-6-12)8(7-13)9(14)15-2/h8H,3-4H2,1-2H3. The highest BCUT2D eigenvalue weighted by atomic mass is 16.5. The van der Waals surface area contributed by atoms with Gasteiger partial charge in [-0.1, -0.05) is 6.92 Å². The maximum atomic E-state index is 11.3. The van der Waals surface area contributed by atoms with Crippen LogP contribution in [-0.2, 0) is 9.53 Å². The zero-order valence-electron chi connectivity index (χ0n) is 8.65. The Hall–Kier alpha value is -2.06. The van der Waals surface area contributed by atoms with Crippen molar-refractivity contribution in [2.75, 3.05) is 7.11 Å². The van der Waals surface area contributed by atoms with Gasteiger partial charge in [0, 0.05) is 18.3 Å². The highest BCUT2D eigenvalue weighted by Crippen LogP contribution is 2.35. The third-order valence-electron chi connectivity index (χ3n) is 2.23. The first-order chi connectivity index (χ1) is 7.05. The lowest BCUT2D eigenvalue weighted by atomic mass is 9.73. The van der Waals surface area contributed by atoms with Crippen molar-refractivity contribution in [3.8, 4) is 18.2 Å². The monoisotopic (exact) mass is 205 g/mol. The van der Waals surface area contributed by atoms with Crippen LogP contribution in [0.25, 0.3) is 0 Å². The maximum Gasteiger partial charge on any atom is 0.323 e. The molecule has 0 saturated carbocycles. The zero-order valence-corrected chi connectivity index (χ0v) is 8.65. The molecule has 0 aliphatic carbocycles. The molecule has 0 aromatic rings. The molecule has 0 aromatic carbocycles. The van der Waals surface area contributed by atoms with E-state index in [0.29, 0.717) is 0 Å². The van der Waals surface area contributed by atoms with Crippen LogP contribution in [0.3, 0.4) is 0 Å². The molecule has 0 aromatic heterocycles. The Morgan fingerprint density at radius 1 is 1.33 bits per heavy atom. The van der Waals surface area contributed by atoms with E-state index >= 15 is 0 Å². The Morgan fingerprint density at radius 3 is 2.07 bits per heavy atom. The molecule has 0 heterocycles. The van der Waals surface area contributed by atoms with Gasteiger partial charge in [0.15, 0.2) is 5.92 Å². The van der Waals surface area contributed by atoms with Crippen LogP contribution in [0, 0.1) is 45.3 Å². The van der Waals surface area contributed by atoms with Gasteiger partial charge < -0.3 is 4.74 Å². The van der Waals surface area contributed by atoms with Gasteiger partial charge in [-0.05, 0) is 0 Å². The number of carbonyl (C=O) groups is 1. The minimum atomic E-state index is -1.08. The van der Waals surface area contributed by atoms with E-state index in [1.165, 1.54) is 7.11 Å². The molecule has 5 heteroatoms. The summed E-state index contributed by atoms with van der Waals surface area (Å²) in [6.45, 7) is 1.56. The van der Waals surface area contributed by atoms with Crippen molar-refractivity contribution in [2.45, 2.75) is 19.8 Å². The summed E-state index contributed by atoms with van der Waals surface area (Å²) in [5, 5.41) is 26.1. The molecule has 5 nitrogen and oxygen atoms in total. The molecule has 0 spiro atoms. The summed E-state index contributed by atoms with van der Waals surface area (Å²) >= 11 is 0. The summed E-state index contributed by atoms with van der Waals surface area (Å²) in [5.74, 6) is -1.78. The predicted octanol–water partition coefficient (Wildman–Crippen LogP) is 1.13. The van der Waals surface area contributed by atoms with E-state index < -0.39 is 17.3 Å². The van der Waals surface area contributed by atoms with Crippen molar-refractivity contribution in [3.63, 3.8) is 0 Å². The number of rotatable bonds is 4. The Kier molecular flexibility index (Phi) is 4.85. The van der Waals surface area contributed by atoms with Crippen LogP contribution in [-0.4, -0.2) is 13.1 Å². The Bertz CT molecular complexity index is 340. The first kappa shape index (κ1) is 12.9. The van der Waals surface area contributed by atoms with E-state index in [1.54, 1.807) is 13.0 Å². The molecule has 0 rings (SSSR count). The number of hydrogen-bond donors (Lipinski definition) is 0. The Labute approximate surface area is 88.5 Å². The average Bonchev–Trinajstić information content (AvgIpc) is 2.19. The minimum absolute atomic E-state index is 0.0338. The zero-order chi connectivity index (χ0) is 11.9. The molecule has 0 fully saturated rings. The highest BCUT2D eigenvalue weighted by molar-refractivity contribution is 5.76. The van der Waals surface area contributed by atoms with Crippen LogP contribution in [0.15, 0.2) is 0 Å². The molecular formula is C10H11N3O2. The summed E-state index contributed by atoms with van der Waals surface area (Å²) < 4.78 is 4.46. The highest BCUT2D eigenvalue weighted by Gasteiger charge is 2.40. The van der Waals surface area contributed by atoms with Crippen LogP contribution in [0.5, 0.6) is 0 Å². The molecular weight excluding hydrogens is 194 g/mol. The number of ether oxygens (including phenoxy) is 1. The van der Waals surface area contributed by atoms with E-state index in [2.05, 4.69) is 4.74 Å². The number of hydrogen-bond acceptors (Lipinski definition) is 5. The van der Waals surface area contributed by atoms with E-state index in [4.69, 9.17) is 15.8 Å². The lowest BCUT2D eigenvalue weighted by Gasteiger charge is -2.26. The molecule has 0 aliphatic heterocycles. The quantitative estimate of drug-likeness (QED) is 0.641. The van der Waals surface area contributed by atoms with E-state index in [1.807, 2.05) is 12.1 Å². The van der Waals surface area contributed by atoms with Gasteiger partial charge in [0.05, 0.1) is 25.3 Å². The van der Waals surface area contributed by atoms with E-state index in [0.717, 1.165) is 0 Å². The normalized spacial score (nSPS) is 11.7. The molecule has 1 atom stereocenters. The Balaban J connectivity index is 5.07. The van der Waals surface area contributed by atoms with Gasteiger partial charge in [0.1, 0.15) is 0 Å². The minimum Gasteiger partial charge on any atom is -0.468 e. The molecule has 0 aliphatic rings. The van der Waals surface area contributed by atoms with Gasteiger partial charge in [0.25, 0.3) is 0 Å². The molecule has 0 N–H and O–H groups in total. The topological polar surface area (TPSA) is 97.7 Å². The second-order valence-corrected chi connectivity index (χ2v) is 3.41. The van der Waals surface area contributed by atoms with Crippen molar-refractivity contribution < 1.29 is 9.53 Å². The van der Waals surface area contributed by atoms with Crippen LogP contribution in [0.4, 0.5) is 0 Å². The molecule has 15 heavy (non-hydrogen) atoms. The third kappa shape index (κ3) is 2.97. The first-order valence-corrected chi connectivity index (χ1v) is 4.27. The summed E-state index contributed by atoms with van der Waals surface area (Å²) in [4.78, 5) is 11.3. The number of methoxy groups -OCH3 is 1. The van der Waals surface area contributed by atoms with Gasteiger partial charge in [-0.3, -0.25) is 4.79 Å². The SMILES string of the molecule is COC(=O)C(C#N)C(C)(CC#N)CC#N. The largest absolute Gasteiger partial charge is 0.468 e. The smallest absolute Gasteiger partial charge is 0.323 e. The second kappa shape index (κ2) is 5.62. The lowest BCUT2D eigenvalue weighted by molar-refractivity contribution is -0.147. The fourth-order valence-corrected chi connectivity index (χ4v) is 1.24. The van der Waals surface area contributed by atoms with Crippen molar-refractivity contribution in [2.24, 2.45) is 11.3 Å². The summed E-state index contributed by atoms with van der Waals surface area (Å²) in [6, 6.07) is 5.54. The third-order valence-corrected chi connectivity index (χ3v) is 2.23. The van der Waals surface area contributed by atoms with E-state index in [-0.39, 0.29) is 12.8 Å². The van der Waals surface area contributed by atoms with Crippen molar-refractivity contribution in [3.05, 3.63) is 0 Å². The number of carbonyl (C=O) groups excluding carboxylic acids is 1. The molecule has 0 saturated heterocycles. The van der Waals surface area contributed by atoms with Crippen LogP contribution in [0.2, 0.25) is 0 Å². The van der Waals surface area contributed by atoms with Crippen molar-refractivity contribution in [1.82, 2.24) is 0 Å². The van der Waals surface area contributed by atoms with Gasteiger partial charge in [-0.25, -0.2) is 0 Å². The van der Waals surface area contributed by atoms with Gasteiger partial charge in [0.2, 0.25) is 0 Å². The van der Waals surface area contributed by atoms with E-state index in [9.17, 15) is 4.79 Å². The molecule has 0 bridgehead atoms. The summed E-state index contributed by atoms with van der Waals surface area (Å²) in [7, 11) is 1.17. The van der Waals surface area contributed by atoms with Crippen LogP contribution >= 0.6 is 0 Å². The van der Waals surface area contributed by atoms with Crippen LogP contribution in [0.1, 0.15) is 19.8 Å². The fourth-order valence-electron chi connectivity index (χ4n) is 1.24. The molecule has 1 unspecified atom stereocenters. The van der Waals surface area contributed by atoms with Crippen molar-refractivity contribution in [1.29, 1.82) is 15.8 Å².